The molecule has 94 valence electrons. The van der Waals surface area contributed by atoms with Crippen molar-refractivity contribution in [3.8, 4) is 0 Å². The minimum absolute atomic E-state index is 0.266. The van der Waals surface area contributed by atoms with E-state index in [1.165, 1.54) is 5.56 Å². The molecule has 1 aliphatic carbocycles. The van der Waals surface area contributed by atoms with Crippen LogP contribution in [0.1, 0.15) is 25.3 Å². The summed E-state index contributed by atoms with van der Waals surface area (Å²) >= 11 is 3.51. The summed E-state index contributed by atoms with van der Waals surface area (Å²) in [6.45, 7) is 6.77. The van der Waals surface area contributed by atoms with Crippen LogP contribution < -0.4 is 4.90 Å². The molecule has 1 aromatic carbocycles. The fourth-order valence-corrected chi connectivity index (χ4v) is 3.50. The van der Waals surface area contributed by atoms with Gasteiger partial charge >= 0.3 is 0 Å². The number of fused-ring (bicyclic) bond motifs is 2. The van der Waals surface area contributed by atoms with Gasteiger partial charge in [0.15, 0.2) is 0 Å². The van der Waals surface area contributed by atoms with Gasteiger partial charge in [-0.05, 0) is 42.5 Å². The largest absolute Gasteiger partial charge is 0.311 e. The second kappa shape index (κ2) is 3.95. The van der Waals surface area contributed by atoms with Gasteiger partial charge in [-0.25, -0.2) is 0 Å². The molecule has 0 bridgehead atoms. The molecule has 1 amide bonds. The summed E-state index contributed by atoms with van der Waals surface area (Å²) in [5.74, 6) is 0.572. The predicted molar refractivity (Wildman–Crippen MR) is 76.8 cm³/mol. The number of carbonyl (C=O) groups excluding carboxylic acids is 1. The molecule has 2 atom stereocenters. The highest BCUT2D eigenvalue weighted by atomic mass is 79.9. The van der Waals surface area contributed by atoms with Crippen LogP contribution in [-0.4, -0.2) is 12.5 Å². The van der Waals surface area contributed by atoms with Crippen molar-refractivity contribution < 1.29 is 4.79 Å². The van der Waals surface area contributed by atoms with Crippen LogP contribution in [0.4, 0.5) is 5.69 Å². The Morgan fingerprint density at radius 1 is 1.61 bits per heavy atom. The van der Waals surface area contributed by atoms with Gasteiger partial charge < -0.3 is 4.90 Å². The number of rotatable bonds is 3. The first-order chi connectivity index (χ1) is 8.65. The monoisotopic (exact) mass is 305 g/mol. The van der Waals surface area contributed by atoms with Crippen molar-refractivity contribution >= 4 is 27.5 Å². The van der Waals surface area contributed by atoms with Crippen molar-refractivity contribution in [3.05, 3.63) is 40.9 Å². The number of nitrogens with zero attached hydrogens (tertiary/aromatic N) is 1. The summed E-state index contributed by atoms with van der Waals surface area (Å²) in [5.41, 5.74) is 1.98. The highest BCUT2D eigenvalue weighted by molar-refractivity contribution is 9.10. The lowest BCUT2D eigenvalue weighted by Crippen LogP contribution is -2.33. The highest BCUT2D eigenvalue weighted by Crippen LogP contribution is 2.62. The molecule has 0 radical (unpaired) electrons. The second-order valence-electron chi connectivity index (χ2n) is 5.14. The molecular formula is C15H16BrNO. The summed E-state index contributed by atoms with van der Waals surface area (Å²) in [4.78, 5) is 14.6. The molecule has 1 heterocycles. The lowest BCUT2D eigenvalue weighted by Gasteiger charge is -2.16. The molecule has 1 aliphatic heterocycles. The number of anilines is 1. The Morgan fingerprint density at radius 2 is 2.39 bits per heavy atom. The zero-order valence-corrected chi connectivity index (χ0v) is 12.0. The number of carbonyl (C=O) groups is 1. The zero-order valence-electron chi connectivity index (χ0n) is 10.4. The van der Waals surface area contributed by atoms with E-state index < -0.39 is 0 Å². The molecule has 1 spiro atoms. The molecule has 1 unspecified atom stereocenters. The van der Waals surface area contributed by atoms with Crippen LogP contribution >= 0.6 is 15.9 Å². The molecule has 1 fully saturated rings. The molecule has 2 nitrogen and oxygen atoms in total. The molecule has 1 aromatic rings. The third-order valence-electron chi connectivity index (χ3n) is 4.10. The number of allylic oxidation sites excluding steroid dienone is 1. The van der Waals surface area contributed by atoms with Gasteiger partial charge in [0.05, 0.1) is 5.41 Å². The highest BCUT2D eigenvalue weighted by Gasteiger charge is 2.65. The second-order valence-corrected chi connectivity index (χ2v) is 6.05. The van der Waals surface area contributed by atoms with Gasteiger partial charge in [-0.15, -0.1) is 6.58 Å². The Bertz CT molecular complexity index is 539. The lowest BCUT2D eigenvalue weighted by molar-refractivity contribution is -0.120. The molecule has 18 heavy (non-hydrogen) atoms. The normalized spacial score (nSPS) is 28.7. The predicted octanol–water partition coefficient (Wildman–Crippen LogP) is 3.65. The summed E-state index contributed by atoms with van der Waals surface area (Å²) in [6, 6.07) is 6.17. The van der Waals surface area contributed by atoms with E-state index in [-0.39, 0.29) is 11.3 Å². The average molecular weight is 306 g/mol. The molecule has 1 saturated carbocycles. The van der Waals surface area contributed by atoms with Crippen molar-refractivity contribution in [1.29, 1.82) is 0 Å². The van der Waals surface area contributed by atoms with Crippen molar-refractivity contribution in [2.45, 2.75) is 25.2 Å². The van der Waals surface area contributed by atoms with Gasteiger partial charge in [0.1, 0.15) is 0 Å². The average Bonchev–Trinajstić information content (AvgIpc) is 3.06. The minimum Gasteiger partial charge on any atom is -0.311 e. The van der Waals surface area contributed by atoms with Crippen molar-refractivity contribution in [2.24, 2.45) is 5.92 Å². The number of hydrogen-bond donors (Lipinski definition) is 0. The van der Waals surface area contributed by atoms with Gasteiger partial charge in [-0.3, -0.25) is 4.79 Å². The third-order valence-corrected chi connectivity index (χ3v) is 4.60. The molecule has 3 heteroatoms. The first-order valence-corrected chi connectivity index (χ1v) is 7.19. The van der Waals surface area contributed by atoms with Gasteiger partial charge in [-0.1, -0.05) is 28.9 Å². The third kappa shape index (κ3) is 1.37. The van der Waals surface area contributed by atoms with Crippen LogP contribution in [0.3, 0.4) is 0 Å². The topological polar surface area (TPSA) is 20.3 Å². The number of benzene rings is 1. The van der Waals surface area contributed by atoms with Crippen LogP contribution in [-0.2, 0) is 10.2 Å². The molecule has 0 N–H and O–H groups in total. The van der Waals surface area contributed by atoms with Crippen molar-refractivity contribution in [1.82, 2.24) is 0 Å². The van der Waals surface area contributed by atoms with E-state index in [9.17, 15) is 4.79 Å². The van der Waals surface area contributed by atoms with E-state index in [4.69, 9.17) is 0 Å². The van der Waals surface area contributed by atoms with Crippen LogP contribution in [0, 0.1) is 5.92 Å². The molecule has 0 saturated heterocycles. The van der Waals surface area contributed by atoms with Crippen LogP contribution in [0.25, 0.3) is 0 Å². The molecule has 2 aliphatic rings. The maximum Gasteiger partial charge on any atom is 0.238 e. The van der Waals surface area contributed by atoms with Gasteiger partial charge in [0.25, 0.3) is 0 Å². The van der Waals surface area contributed by atoms with Crippen LogP contribution in [0.2, 0.25) is 0 Å². The number of amides is 1. The van der Waals surface area contributed by atoms with Crippen LogP contribution in [0.5, 0.6) is 0 Å². The van der Waals surface area contributed by atoms with Gasteiger partial charge in [-0.2, -0.15) is 0 Å². The Kier molecular flexibility index (Phi) is 2.63. The van der Waals surface area contributed by atoms with Crippen LogP contribution in [0.15, 0.2) is 35.3 Å². The summed E-state index contributed by atoms with van der Waals surface area (Å²) in [6.07, 6.45) is 3.83. The van der Waals surface area contributed by atoms with Gasteiger partial charge in [0.2, 0.25) is 5.91 Å². The van der Waals surface area contributed by atoms with Gasteiger partial charge in [0, 0.05) is 16.7 Å². The Hall–Kier alpha value is -1.09. The number of halogens is 1. The molecule has 3 rings (SSSR count). The molecule has 0 aromatic heterocycles. The summed E-state index contributed by atoms with van der Waals surface area (Å²) in [7, 11) is 0. The Morgan fingerprint density at radius 3 is 3.00 bits per heavy atom. The van der Waals surface area contributed by atoms with E-state index in [1.807, 2.05) is 17.0 Å². The molecular weight excluding hydrogens is 290 g/mol. The Balaban J connectivity index is 2.13. The zero-order chi connectivity index (χ0) is 12.9. The Labute approximate surface area is 116 Å². The number of hydrogen-bond acceptors (Lipinski definition) is 1. The van der Waals surface area contributed by atoms with E-state index in [2.05, 4.69) is 41.6 Å². The van der Waals surface area contributed by atoms with Crippen molar-refractivity contribution in [2.75, 3.05) is 11.4 Å². The maximum absolute atomic E-state index is 12.7. The SMILES string of the molecule is C=CC1C[C@]12C(=O)N(CCC)c1ccc(Br)cc12. The standard InChI is InChI=1S/C15H16BrNO/c1-3-7-17-13-6-5-11(16)8-12(13)15(14(17)18)9-10(15)4-2/h4-6,8,10H,2-3,7,9H2,1H3/t10?,15-/m0/s1. The quantitative estimate of drug-likeness (QED) is 0.781. The fraction of sp³-hybridized carbons (Fsp3) is 0.400. The minimum atomic E-state index is -0.296. The van der Waals surface area contributed by atoms with E-state index in [1.54, 1.807) is 0 Å². The van der Waals surface area contributed by atoms with E-state index in [0.29, 0.717) is 5.92 Å². The van der Waals surface area contributed by atoms with E-state index in [0.717, 1.165) is 29.5 Å². The van der Waals surface area contributed by atoms with Crippen molar-refractivity contribution in [3.63, 3.8) is 0 Å². The first-order valence-electron chi connectivity index (χ1n) is 6.39. The summed E-state index contributed by atoms with van der Waals surface area (Å²) in [5, 5.41) is 0. The maximum atomic E-state index is 12.7. The fourth-order valence-electron chi connectivity index (χ4n) is 3.14. The smallest absolute Gasteiger partial charge is 0.238 e. The lowest BCUT2D eigenvalue weighted by atomic mass is 9.95. The first kappa shape index (κ1) is 12.0. The van der Waals surface area contributed by atoms with E-state index >= 15 is 0 Å². The summed E-state index contributed by atoms with van der Waals surface area (Å²) < 4.78 is 1.04.